The summed E-state index contributed by atoms with van der Waals surface area (Å²) in [7, 11) is 0. The van der Waals surface area contributed by atoms with Crippen molar-refractivity contribution >= 4 is 46.5 Å². The molecule has 1 atom stereocenters. The zero-order valence-corrected chi connectivity index (χ0v) is 14.1. The fraction of sp³-hybridized carbons (Fsp3) is 0.385. The Labute approximate surface area is 146 Å². The molecule has 0 saturated heterocycles. The minimum Gasteiger partial charge on any atom is -0.329 e. The Balaban J connectivity index is 2.78. The molecule has 2 N–H and O–H groups in total. The highest BCUT2D eigenvalue weighted by Crippen LogP contribution is 2.29. The number of carbonyl (C=O) groups excluding carboxylic acids is 1. The molecule has 1 unspecified atom stereocenters. The molecule has 2 amide bonds. The number of alkyl halides is 3. The van der Waals surface area contributed by atoms with Crippen LogP contribution in [0.2, 0.25) is 0 Å². The van der Waals surface area contributed by atoms with Crippen LogP contribution in [-0.2, 0) is 0 Å². The normalized spacial score (nSPS) is 12.9. The number of aromatic nitrogens is 1. The molecule has 0 fully saturated rings. The number of amides is 2. The van der Waals surface area contributed by atoms with E-state index in [1.165, 1.54) is 12.4 Å². The molecule has 24 heavy (non-hydrogen) atoms. The van der Waals surface area contributed by atoms with E-state index in [0.717, 1.165) is 4.90 Å². The van der Waals surface area contributed by atoms with E-state index in [2.05, 4.69) is 15.3 Å². The standard InChI is InChI=1S/C13H15ClF3N5OS/c1-2-22(12(23)21-8-24-13(15,16)17)10(11(14)18)7-20-9-4-3-5-19-6-9/h3-7,10,18H,2,8H2,1H3,(H,21,23). The minimum absolute atomic E-state index is 0.126. The highest BCUT2D eigenvalue weighted by atomic mass is 35.5. The summed E-state index contributed by atoms with van der Waals surface area (Å²) in [6.07, 6.45) is 4.30. The summed E-state index contributed by atoms with van der Waals surface area (Å²) in [5.41, 5.74) is -3.95. The third-order valence-electron chi connectivity index (χ3n) is 2.67. The number of pyridine rings is 1. The highest BCUT2D eigenvalue weighted by molar-refractivity contribution is 8.00. The van der Waals surface area contributed by atoms with Gasteiger partial charge in [0.1, 0.15) is 11.2 Å². The van der Waals surface area contributed by atoms with Crippen LogP contribution in [0.3, 0.4) is 0 Å². The van der Waals surface area contributed by atoms with Crippen molar-refractivity contribution in [1.82, 2.24) is 15.2 Å². The van der Waals surface area contributed by atoms with Gasteiger partial charge in [0.2, 0.25) is 0 Å². The third kappa shape index (κ3) is 7.18. The van der Waals surface area contributed by atoms with Gasteiger partial charge in [0.05, 0.1) is 17.8 Å². The Morgan fingerprint density at radius 2 is 2.33 bits per heavy atom. The van der Waals surface area contributed by atoms with Crippen molar-refractivity contribution in [3.8, 4) is 0 Å². The van der Waals surface area contributed by atoms with Crippen molar-refractivity contribution in [2.24, 2.45) is 4.99 Å². The molecule has 0 aromatic carbocycles. The van der Waals surface area contributed by atoms with Gasteiger partial charge in [-0.15, -0.1) is 0 Å². The second-order valence-corrected chi connectivity index (χ2v) is 5.73. The van der Waals surface area contributed by atoms with Crippen molar-refractivity contribution in [2.45, 2.75) is 18.5 Å². The molecule has 1 rings (SSSR count). The molecule has 6 nitrogen and oxygen atoms in total. The van der Waals surface area contributed by atoms with E-state index in [9.17, 15) is 18.0 Å². The summed E-state index contributed by atoms with van der Waals surface area (Å²) < 4.78 is 36.3. The first-order chi connectivity index (χ1) is 11.2. The Morgan fingerprint density at radius 1 is 1.62 bits per heavy atom. The van der Waals surface area contributed by atoms with Gasteiger partial charge >= 0.3 is 11.5 Å². The van der Waals surface area contributed by atoms with Crippen molar-refractivity contribution in [3.05, 3.63) is 24.5 Å². The maximum atomic E-state index is 12.1. The molecule has 0 aliphatic heterocycles. The number of hydrogen-bond acceptors (Lipinski definition) is 5. The van der Waals surface area contributed by atoms with E-state index in [1.54, 1.807) is 25.3 Å². The summed E-state index contributed by atoms with van der Waals surface area (Å²) in [5.74, 6) is -0.638. The summed E-state index contributed by atoms with van der Waals surface area (Å²) in [5, 5.41) is 9.31. The van der Waals surface area contributed by atoms with Crippen molar-refractivity contribution < 1.29 is 18.0 Å². The van der Waals surface area contributed by atoms with Crippen LogP contribution < -0.4 is 5.32 Å². The number of hydrogen-bond donors (Lipinski definition) is 2. The van der Waals surface area contributed by atoms with Gasteiger partial charge < -0.3 is 10.2 Å². The molecule has 0 radical (unpaired) electrons. The van der Waals surface area contributed by atoms with E-state index in [1.807, 2.05) is 0 Å². The summed E-state index contributed by atoms with van der Waals surface area (Å²) in [4.78, 5) is 21.1. The molecule has 0 saturated carbocycles. The fourth-order valence-corrected chi connectivity index (χ4v) is 2.15. The third-order valence-corrected chi connectivity index (χ3v) is 3.51. The molecule has 1 aromatic heterocycles. The molecular formula is C13H15ClF3N5OS. The number of carbonyl (C=O) groups is 1. The first kappa shape index (κ1) is 20.2. The molecule has 0 aliphatic carbocycles. The average Bonchev–Trinajstić information content (AvgIpc) is 2.50. The van der Waals surface area contributed by atoms with E-state index < -0.39 is 23.5 Å². The predicted molar refractivity (Wildman–Crippen MR) is 89.2 cm³/mol. The van der Waals surface area contributed by atoms with Crippen molar-refractivity contribution in [1.29, 1.82) is 5.41 Å². The molecule has 1 heterocycles. The number of urea groups is 1. The van der Waals surface area contributed by atoms with Crippen LogP contribution in [0.1, 0.15) is 6.92 Å². The van der Waals surface area contributed by atoms with Gasteiger partial charge in [0.25, 0.3) is 0 Å². The molecule has 0 aliphatic rings. The van der Waals surface area contributed by atoms with E-state index in [4.69, 9.17) is 17.0 Å². The Bertz CT molecular complexity index is 585. The minimum atomic E-state index is -4.44. The molecule has 11 heteroatoms. The fourth-order valence-electron chi connectivity index (χ4n) is 1.62. The molecule has 0 bridgehead atoms. The van der Waals surface area contributed by atoms with Crippen LogP contribution in [-0.4, -0.2) is 51.3 Å². The number of rotatable bonds is 7. The SMILES string of the molecule is CCN(C(=O)NCSC(F)(F)F)C(C=Nc1cccnc1)C(=N)Cl. The first-order valence-electron chi connectivity index (χ1n) is 6.68. The summed E-state index contributed by atoms with van der Waals surface area (Å²) in [6.45, 7) is 1.74. The van der Waals surface area contributed by atoms with Gasteiger partial charge in [-0.05, 0) is 30.8 Å². The van der Waals surface area contributed by atoms with Gasteiger partial charge in [-0.3, -0.25) is 15.4 Å². The lowest BCUT2D eigenvalue weighted by molar-refractivity contribution is -0.0328. The van der Waals surface area contributed by atoms with Crippen molar-refractivity contribution in [2.75, 3.05) is 12.4 Å². The molecule has 0 spiro atoms. The van der Waals surface area contributed by atoms with Gasteiger partial charge in [0.15, 0.2) is 0 Å². The van der Waals surface area contributed by atoms with Gasteiger partial charge in [-0.2, -0.15) is 13.2 Å². The summed E-state index contributed by atoms with van der Waals surface area (Å²) in [6, 6.07) is 1.55. The first-order valence-corrected chi connectivity index (χ1v) is 8.04. The Morgan fingerprint density at radius 3 is 2.83 bits per heavy atom. The zero-order chi connectivity index (χ0) is 18.2. The maximum Gasteiger partial charge on any atom is 0.443 e. The number of halogens is 4. The molecule has 1 aromatic rings. The van der Waals surface area contributed by atoms with Crippen LogP contribution in [0, 0.1) is 5.41 Å². The van der Waals surface area contributed by atoms with Gasteiger partial charge in [0, 0.05) is 19.0 Å². The predicted octanol–water partition coefficient (Wildman–Crippen LogP) is 3.61. The topological polar surface area (TPSA) is 81.4 Å². The highest BCUT2D eigenvalue weighted by Gasteiger charge is 2.29. The lowest BCUT2D eigenvalue weighted by Gasteiger charge is -2.27. The van der Waals surface area contributed by atoms with Crippen LogP contribution in [0.25, 0.3) is 0 Å². The largest absolute Gasteiger partial charge is 0.443 e. The smallest absolute Gasteiger partial charge is 0.329 e. The number of nitrogens with zero attached hydrogens (tertiary/aromatic N) is 3. The quantitative estimate of drug-likeness (QED) is 0.559. The second-order valence-electron chi connectivity index (χ2n) is 4.28. The lowest BCUT2D eigenvalue weighted by Crippen LogP contribution is -2.49. The molecular weight excluding hydrogens is 367 g/mol. The Kier molecular flexibility index (Phi) is 7.99. The Hall–Kier alpha value is -1.81. The number of aliphatic imine (C=N–C) groups is 1. The van der Waals surface area contributed by atoms with Gasteiger partial charge in [-0.1, -0.05) is 11.6 Å². The van der Waals surface area contributed by atoms with Crippen LogP contribution in [0.15, 0.2) is 29.5 Å². The number of thioether (sulfide) groups is 1. The van der Waals surface area contributed by atoms with Crippen LogP contribution >= 0.6 is 23.4 Å². The number of nitrogens with one attached hydrogen (secondary N) is 2. The zero-order valence-electron chi connectivity index (χ0n) is 12.5. The van der Waals surface area contributed by atoms with E-state index in [-0.39, 0.29) is 23.5 Å². The van der Waals surface area contributed by atoms with Crippen LogP contribution in [0.4, 0.5) is 23.7 Å². The maximum absolute atomic E-state index is 12.1. The second kappa shape index (κ2) is 9.48. The summed E-state index contributed by atoms with van der Waals surface area (Å²) >= 11 is 5.34. The lowest BCUT2D eigenvalue weighted by atomic mass is 10.3. The van der Waals surface area contributed by atoms with E-state index >= 15 is 0 Å². The van der Waals surface area contributed by atoms with Gasteiger partial charge in [-0.25, -0.2) is 4.79 Å². The monoisotopic (exact) mass is 381 g/mol. The van der Waals surface area contributed by atoms with E-state index in [0.29, 0.717) is 5.69 Å². The average molecular weight is 382 g/mol. The molecule has 132 valence electrons. The van der Waals surface area contributed by atoms with Crippen LogP contribution in [0.5, 0.6) is 0 Å². The van der Waals surface area contributed by atoms with Crippen molar-refractivity contribution in [3.63, 3.8) is 0 Å².